The molecule has 0 aliphatic rings. The number of nitrogens with zero attached hydrogens (tertiary/aromatic N) is 2. The van der Waals surface area contributed by atoms with Crippen LogP contribution in [-0.2, 0) is 0 Å². The topological polar surface area (TPSA) is 136 Å². The summed E-state index contributed by atoms with van der Waals surface area (Å²) in [7, 11) is 0. The molecule has 0 atom stereocenters. The quantitative estimate of drug-likeness (QED) is 0.125. The molecule has 9 heteroatoms. The van der Waals surface area contributed by atoms with Gasteiger partial charge in [0.1, 0.15) is 28.8 Å². The van der Waals surface area contributed by atoms with Crippen molar-refractivity contribution in [3.63, 3.8) is 0 Å². The summed E-state index contributed by atoms with van der Waals surface area (Å²) in [5, 5.41) is 23.6. The van der Waals surface area contributed by atoms with Gasteiger partial charge in [0.15, 0.2) is 11.7 Å². The van der Waals surface area contributed by atoms with Gasteiger partial charge in [0.2, 0.25) is 0 Å². The second-order valence-corrected chi connectivity index (χ2v) is 7.42. The number of amidine groups is 2. The molecule has 0 spiro atoms. The summed E-state index contributed by atoms with van der Waals surface area (Å²) in [5.74, 6) is 1.63. The standard InChI is InChI=1S/C26H21FN4O4/c27-20-7-1-16(2-8-20)19-13-23(34-21-9-3-17(4-10-21)25(28)30-32)15-24(14-19)35-22-11-5-18(6-12-22)26(29)31-33/h1-15,32-33H,(H2,28,30)(H2,29,31). The Bertz CT molecular complexity index is 1290. The zero-order valence-electron chi connectivity index (χ0n) is 18.3. The third-order valence-corrected chi connectivity index (χ3v) is 5.04. The Labute approximate surface area is 200 Å². The Kier molecular flexibility index (Phi) is 6.78. The SMILES string of the molecule is NC(=NO)c1ccc(Oc2cc(Oc3ccc(C(N)=NO)cc3)cc(-c3ccc(F)cc3)c2)cc1. The molecule has 0 amide bonds. The van der Waals surface area contributed by atoms with Gasteiger partial charge in [0.05, 0.1) is 0 Å². The number of nitrogens with two attached hydrogens (primary N) is 2. The molecular weight excluding hydrogens is 451 g/mol. The van der Waals surface area contributed by atoms with Crippen molar-refractivity contribution in [2.45, 2.75) is 0 Å². The minimum Gasteiger partial charge on any atom is -0.457 e. The van der Waals surface area contributed by atoms with Gasteiger partial charge in [0, 0.05) is 17.2 Å². The molecule has 176 valence electrons. The highest BCUT2D eigenvalue weighted by Crippen LogP contribution is 2.34. The van der Waals surface area contributed by atoms with E-state index in [2.05, 4.69) is 10.3 Å². The lowest BCUT2D eigenvalue weighted by molar-refractivity contribution is 0.318. The molecule has 0 heterocycles. The van der Waals surface area contributed by atoms with Gasteiger partial charge in [-0.3, -0.25) is 0 Å². The third-order valence-electron chi connectivity index (χ3n) is 5.04. The van der Waals surface area contributed by atoms with Gasteiger partial charge >= 0.3 is 0 Å². The van der Waals surface area contributed by atoms with E-state index in [-0.39, 0.29) is 17.5 Å². The van der Waals surface area contributed by atoms with Crippen molar-refractivity contribution in [1.29, 1.82) is 0 Å². The van der Waals surface area contributed by atoms with Gasteiger partial charge < -0.3 is 31.4 Å². The van der Waals surface area contributed by atoms with E-state index >= 15 is 0 Å². The van der Waals surface area contributed by atoms with E-state index in [0.29, 0.717) is 34.1 Å². The minimum absolute atomic E-state index is 0.0106. The number of hydrogen-bond donors (Lipinski definition) is 4. The van der Waals surface area contributed by atoms with Crippen LogP contribution in [0.5, 0.6) is 23.0 Å². The van der Waals surface area contributed by atoms with E-state index in [1.165, 1.54) is 12.1 Å². The third kappa shape index (κ3) is 5.66. The van der Waals surface area contributed by atoms with Gasteiger partial charge in [-0.2, -0.15) is 0 Å². The molecule has 0 unspecified atom stereocenters. The summed E-state index contributed by atoms with van der Waals surface area (Å²) in [5.41, 5.74) is 13.8. The fraction of sp³-hybridized carbons (Fsp3) is 0. The van der Waals surface area contributed by atoms with Crippen LogP contribution in [0.25, 0.3) is 11.1 Å². The maximum atomic E-state index is 13.5. The molecule has 0 aliphatic carbocycles. The molecule has 6 N–H and O–H groups in total. The smallest absolute Gasteiger partial charge is 0.170 e. The molecular formula is C26H21FN4O4. The summed E-state index contributed by atoms with van der Waals surface area (Å²) in [4.78, 5) is 0. The van der Waals surface area contributed by atoms with Crippen LogP contribution in [0.3, 0.4) is 0 Å². The normalized spacial score (nSPS) is 11.8. The molecule has 4 rings (SSSR count). The first-order valence-corrected chi connectivity index (χ1v) is 10.4. The first-order chi connectivity index (χ1) is 16.9. The Hall–Kier alpha value is -5.05. The Balaban J connectivity index is 1.66. The Morgan fingerprint density at radius 3 is 1.40 bits per heavy atom. The molecule has 0 saturated carbocycles. The molecule has 0 radical (unpaired) electrons. The largest absolute Gasteiger partial charge is 0.457 e. The summed E-state index contributed by atoms with van der Waals surface area (Å²) in [6, 6.07) is 24.8. The highest BCUT2D eigenvalue weighted by atomic mass is 19.1. The predicted molar refractivity (Wildman–Crippen MR) is 130 cm³/mol. The van der Waals surface area contributed by atoms with Gasteiger partial charge in [-0.25, -0.2) is 4.39 Å². The van der Waals surface area contributed by atoms with E-state index in [9.17, 15) is 4.39 Å². The molecule has 0 saturated heterocycles. The van der Waals surface area contributed by atoms with Crippen molar-refractivity contribution < 1.29 is 24.3 Å². The van der Waals surface area contributed by atoms with Gasteiger partial charge in [0.25, 0.3) is 0 Å². The summed E-state index contributed by atoms with van der Waals surface area (Å²) < 4.78 is 25.5. The van der Waals surface area contributed by atoms with Gasteiger partial charge in [-0.05, 0) is 83.9 Å². The summed E-state index contributed by atoms with van der Waals surface area (Å²) in [6.07, 6.45) is 0. The molecule has 4 aromatic carbocycles. The van der Waals surface area contributed by atoms with E-state index in [0.717, 1.165) is 11.1 Å². The van der Waals surface area contributed by atoms with Crippen LogP contribution >= 0.6 is 0 Å². The van der Waals surface area contributed by atoms with Crippen molar-refractivity contribution in [1.82, 2.24) is 0 Å². The summed E-state index contributed by atoms with van der Waals surface area (Å²) >= 11 is 0. The Morgan fingerprint density at radius 1 is 0.571 bits per heavy atom. The summed E-state index contributed by atoms with van der Waals surface area (Å²) in [6.45, 7) is 0. The van der Waals surface area contributed by atoms with Gasteiger partial charge in [-0.15, -0.1) is 0 Å². The van der Waals surface area contributed by atoms with Crippen LogP contribution in [0.4, 0.5) is 4.39 Å². The molecule has 0 aliphatic heterocycles. The van der Waals surface area contributed by atoms with Crippen LogP contribution in [-0.4, -0.2) is 22.1 Å². The molecule has 8 nitrogen and oxygen atoms in total. The number of benzene rings is 4. The number of halogens is 1. The van der Waals surface area contributed by atoms with E-state index in [1.54, 1.807) is 78.9 Å². The molecule has 4 aromatic rings. The molecule has 0 aromatic heterocycles. The van der Waals surface area contributed by atoms with Gasteiger partial charge in [-0.1, -0.05) is 22.4 Å². The Morgan fingerprint density at radius 2 is 1.00 bits per heavy atom. The first kappa shape index (κ1) is 23.1. The van der Waals surface area contributed by atoms with Crippen molar-refractivity contribution in [3.8, 4) is 34.1 Å². The number of ether oxygens (including phenoxy) is 2. The average Bonchev–Trinajstić information content (AvgIpc) is 2.89. The lowest BCUT2D eigenvalue weighted by atomic mass is 10.0. The van der Waals surface area contributed by atoms with Crippen LogP contribution in [0.2, 0.25) is 0 Å². The minimum atomic E-state index is -0.339. The van der Waals surface area contributed by atoms with E-state index < -0.39 is 0 Å². The number of rotatable bonds is 7. The lowest BCUT2D eigenvalue weighted by Gasteiger charge is -2.13. The molecule has 0 bridgehead atoms. The van der Waals surface area contributed by atoms with Crippen molar-refractivity contribution in [2.24, 2.45) is 21.8 Å². The van der Waals surface area contributed by atoms with Crippen molar-refractivity contribution in [3.05, 3.63) is 108 Å². The van der Waals surface area contributed by atoms with Crippen LogP contribution in [0.15, 0.2) is 101 Å². The highest BCUT2D eigenvalue weighted by molar-refractivity contribution is 5.97. The second kappa shape index (κ2) is 10.3. The van der Waals surface area contributed by atoms with E-state index in [4.69, 9.17) is 31.4 Å². The molecule has 0 fully saturated rings. The van der Waals surface area contributed by atoms with E-state index in [1.807, 2.05) is 0 Å². The number of oxime groups is 2. The van der Waals surface area contributed by atoms with Crippen LogP contribution in [0, 0.1) is 5.82 Å². The first-order valence-electron chi connectivity index (χ1n) is 10.4. The fourth-order valence-electron chi connectivity index (χ4n) is 3.27. The predicted octanol–water partition coefficient (Wildman–Crippen LogP) is 5.27. The van der Waals surface area contributed by atoms with Crippen LogP contribution in [0.1, 0.15) is 11.1 Å². The maximum Gasteiger partial charge on any atom is 0.170 e. The zero-order chi connectivity index (χ0) is 24.8. The van der Waals surface area contributed by atoms with Crippen LogP contribution < -0.4 is 20.9 Å². The maximum absolute atomic E-state index is 13.5. The highest BCUT2D eigenvalue weighted by Gasteiger charge is 2.09. The fourth-order valence-corrected chi connectivity index (χ4v) is 3.27. The second-order valence-electron chi connectivity index (χ2n) is 7.42. The molecule has 35 heavy (non-hydrogen) atoms. The van der Waals surface area contributed by atoms with Crippen molar-refractivity contribution in [2.75, 3.05) is 0 Å². The van der Waals surface area contributed by atoms with Crippen molar-refractivity contribution >= 4 is 11.7 Å². The lowest BCUT2D eigenvalue weighted by Crippen LogP contribution is -2.12. The monoisotopic (exact) mass is 472 g/mol. The average molecular weight is 472 g/mol. The number of hydrogen-bond acceptors (Lipinski definition) is 6. The zero-order valence-corrected chi connectivity index (χ0v) is 18.3.